The van der Waals surface area contributed by atoms with Gasteiger partial charge in [-0.05, 0) is 34.0 Å². The fraction of sp³-hybridized carbons (Fsp3) is 0.545. The van der Waals surface area contributed by atoms with Crippen molar-refractivity contribution in [1.29, 1.82) is 0 Å². The number of anilines is 1. The monoisotopic (exact) mass is 272 g/mol. The number of hydrogen-bond acceptors (Lipinski definition) is 3. The Bertz CT molecular complexity index is 304. The molecular weight excluding hydrogens is 256 g/mol. The lowest BCUT2D eigenvalue weighted by molar-refractivity contribution is 0.171. The Hall–Kier alpha value is -0.610. The van der Waals surface area contributed by atoms with Crippen molar-refractivity contribution in [2.24, 2.45) is 5.92 Å². The Balaban J connectivity index is 2.69. The number of ether oxygens (including phenoxy) is 1. The van der Waals surface area contributed by atoms with Crippen molar-refractivity contribution in [1.82, 2.24) is 4.98 Å². The van der Waals surface area contributed by atoms with Crippen LogP contribution in [0, 0.1) is 5.92 Å². The average Bonchev–Trinajstić information content (AvgIpc) is 2.20. The maximum Gasteiger partial charge on any atom is 0.140 e. The van der Waals surface area contributed by atoms with Crippen molar-refractivity contribution < 1.29 is 4.74 Å². The van der Waals surface area contributed by atoms with E-state index in [1.165, 1.54) is 0 Å². The molecule has 0 aliphatic carbocycles. The van der Waals surface area contributed by atoms with Gasteiger partial charge in [-0.2, -0.15) is 0 Å². The second kappa shape index (κ2) is 6.08. The van der Waals surface area contributed by atoms with Crippen molar-refractivity contribution in [2.45, 2.75) is 19.9 Å². The highest BCUT2D eigenvalue weighted by Crippen LogP contribution is 2.20. The third-order valence-corrected chi connectivity index (χ3v) is 2.87. The molecule has 0 aliphatic rings. The van der Waals surface area contributed by atoms with Crippen LogP contribution in [0.4, 0.5) is 5.82 Å². The van der Waals surface area contributed by atoms with Crippen LogP contribution in [0.3, 0.4) is 0 Å². The number of pyridine rings is 1. The summed E-state index contributed by atoms with van der Waals surface area (Å²) in [6, 6.07) is 4.15. The minimum Gasteiger partial charge on any atom is -0.383 e. The molecule has 0 aromatic carbocycles. The minimum atomic E-state index is 0.279. The predicted octanol–water partition coefficient (Wildman–Crippen LogP) is 2.93. The summed E-state index contributed by atoms with van der Waals surface area (Å²) < 4.78 is 6.15. The van der Waals surface area contributed by atoms with Gasteiger partial charge in [0.2, 0.25) is 0 Å². The second-order valence-corrected chi connectivity index (χ2v) is 4.64. The third-order valence-electron chi connectivity index (χ3n) is 2.23. The molecule has 0 bridgehead atoms. The fourth-order valence-corrected chi connectivity index (χ4v) is 1.62. The predicted molar refractivity (Wildman–Crippen MR) is 66.1 cm³/mol. The van der Waals surface area contributed by atoms with Gasteiger partial charge in [-0.15, -0.1) is 0 Å². The van der Waals surface area contributed by atoms with E-state index in [-0.39, 0.29) is 6.04 Å². The lowest BCUT2D eigenvalue weighted by Crippen LogP contribution is -2.30. The molecule has 0 fully saturated rings. The molecule has 15 heavy (non-hydrogen) atoms. The van der Waals surface area contributed by atoms with Gasteiger partial charge in [0, 0.05) is 13.3 Å². The molecule has 0 radical (unpaired) electrons. The fourth-order valence-electron chi connectivity index (χ4n) is 1.25. The normalized spacial score (nSPS) is 12.9. The quantitative estimate of drug-likeness (QED) is 0.895. The van der Waals surface area contributed by atoms with Crippen molar-refractivity contribution >= 4 is 21.7 Å². The van der Waals surface area contributed by atoms with Crippen LogP contribution in [0.5, 0.6) is 0 Å². The summed E-state index contributed by atoms with van der Waals surface area (Å²) in [5, 5.41) is 3.36. The smallest absolute Gasteiger partial charge is 0.140 e. The number of nitrogens with zero attached hydrogens (tertiary/aromatic N) is 1. The van der Waals surface area contributed by atoms with E-state index < -0.39 is 0 Å². The van der Waals surface area contributed by atoms with Crippen LogP contribution in [0.2, 0.25) is 0 Å². The molecule has 1 rings (SSSR count). The van der Waals surface area contributed by atoms with Gasteiger partial charge in [0.1, 0.15) is 5.82 Å². The lowest BCUT2D eigenvalue weighted by atomic mass is 10.1. The summed E-state index contributed by atoms with van der Waals surface area (Å²) in [5.74, 6) is 1.37. The Morgan fingerprint density at radius 2 is 2.27 bits per heavy atom. The standard InChI is InChI=1S/C11H17BrN2O/c1-8(2)10(7-15-3)14-11-9(12)5-4-6-13-11/h4-6,8,10H,7H2,1-3H3,(H,13,14). The van der Waals surface area contributed by atoms with Crippen LogP contribution in [-0.4, -0.2) is 24.7 Å². The van der Waals surface area contributed by atoms with Crippen LogP contribution >= 0.6 is 15.9 Å². The number of hydrogen-bond donors (Lipinski definition) is 1. The first-order valence-corrected chi connectivity index (χ1v) is 5.80. The molecule has 0 saturated carbocycles. The van der Waals surface area contributed by atoms with E-state index in [2.05, 4.69) is 40.1 Å². The molecule has 4 heteroatoms. The zero-order valence-corrected chi connectivity index (χ0v) is 10.9. The van der Waals surface area contributed by atoms with Crippen molar-refractivity contribution in [2.75, 3.05) is 19.0 Å². The second-order valence-electron chi connectivity index (χ2n) is 3.78. The van der Waals surface area contributed by atoms with E-state index in [4.69, 9.17) is 4.74 Å². The van der Waals surface area contributed by atoms with Crippen LogP contribution in [0.1, 0.15) is 13.8 Å². The maximum atomic E-state index is 5.17. The molecule has 1 aromatic rings. The summed E-state index contributed by atoms with van der Waals surface area (Å²) in [6.07, 6.45) is 1.78. The molecule has 1 atom stereocenters. The molecule has 1 aromatic heterocycles. The molecule has 3 nitrogen and oxygen atoms in total. The zero-order valence-electron chi connectivity index (χ0n) is 9.33. The Morgan fingerprint density at radius 3 is 2.80 bits per heavy atom. The third kappa shape index (κ3) is 3.80. The molecule has 1 N–H and O–H groups in total. The molecule has 1 heterocycles. The van der Waals surface area contributed by atoms with Gasteiger partial charge in [-0.1, -0.05) is 13.8 Å². The van der Waals surface area contributed by atoms with Gasteiger partial charge in [-0.25, -0.2) is 4.98 Å². The molecule has 84 valence electrons. The molecule has 1 unspecified atom stereocenters. The maximum absolute atomic E-state index is 5.17. The Kier molecular flexibility index (Phi) is 5.05. The van der Waals surface area contributed by atoms with E-state index in [0.29, 0.717) is 12.5 Å². The van der Waals surface area contributed by atoms with Crippen molar-refractivity contribution in [3.8, 4) is 0 Å². The first-order valence-electron chi connectivity index (χ1n) is 5.01. The summed E-state index contributed by atoms with van der Waals surface area (Å²) in [7, 11) is 1.71. The van der Waals surface area contributed by atoms with Crippen LogP contribution < -0.4 is 5.32 Å². The van der Waals surface area contributed by atoms with E-state index in [9.17, 15) is 0 Å². The number of methoxy groups -OCH3 is 1. The highest BCUT2D eigenvalue weighted by molar-refractivity contribution is 9.10. The van der Waals surface area contributed by atoms with Gasteiger partial charge < -0.3 is 10.1 Å². The van der Waals surface area contributed by atoms with Gasteiger partial charge in [0.15, 0.2) is 0 Å². The average molecular weight is 273 g/mol. The molecule has 0 saturated heterocycles. The summed E-state index contributed by atoms with van der Waals surface area (Å²) in [5.41, 5.74) is 0. The minimum absolute atomic E-state index is 0.279. The highest BCUT2D eigenvalue weighted by Gasteiger charge is 2.14. The molecule has 0 amide bonds. The van der Waals surface area contributed by atoms with Crippen LogP contribution in [0.25, 0.3) is 0 Å². The topological polar surface area (TPSA) is 34.1 Å². The van der Waals surface area contributed by atoms with Gasteiger partial charge in [0.25, 0.3) is 0 Å². The lowest BCUT2D eigenvalue weighted by Gasteiger charge is -2.22. The van der Waals surface area contributed by atoms with E-state index in [1.54, 1.807) is 13.3 Å². The van der Waals surface area contributed by atoms with E-state index in [1.807, 2.05) is 12.1 Å². The summed E-state index contributed by atoms with van der Waals surface area (Å²) >= 11 is 3.46. The molecular formula is C11H17BrN2O. The van der Waals surface area contributed by atoms with E-state index >= 15 is 0 Å². The first kappa shape index (κ1) is 12.5. The number of halogens is 1. The number of aromatic nitrogens is 1. The van der Waals surface area contributed by atoms with Crippen LogP contribution in [0.15, 0.2) is 22.8 Å². The largest absolute Gasteiger partial charge is 0.383 e. The summed E-state index contributed by atoms with van der Waals surface area (Å²) in [4.78, 5) is 4.27. The number of rotatable bonds is 5. The number of nitrogens with one attached hydrogen (secondary N) is 1. The SMILES string of the molecule is COCC(Nc1ncccc1Br)C(C)C. The van der Waals surface area contributed by atoms with Crippen molar-refractivity contribution in [3.05, 3.63) is 22.8 Å². The molecule has 0 spiro atoms. The zero-order chi connectivity index (χ0) is 11.3. The van der Waals surface area contributed by atoms with E-state index in [0.717, 1.165) is 10.3 Å². The van der Waals surface area contributed by atoms with Gasteiger partial charge in [-0.3, -0.25) is 0 Å². The first-order chi connectivity index (χ1) is 7.15. The Morgan fingerprint density at radius 1 is 1.53 bits per heavy atom. The van der Waals surface area contributed by atoms with Crippen molar-refractivity contribution in [3.63, 3.8) is 0 Å². The van der Waals surface area contributed by atoms with Crippen LogP contribution in [-0.2, 0) is 4.74 Å². The molecule has 0 aliphatic heterocycles. The summed E-state index contributed by atoms with van der Waals surface area (Å²) in [6.45, 7) is 5.00. The van der Waals surface area contributed by atoms with Gasteiger partial charge in [0.05, 0.1) is 17.1 Å². The Labute approximate surface area is 99.4 Å². The van der Waals surface area contributed by atoms with Gasteiger partial charge >= 0.3 is 0 Å². The highest BCUT2D eigenvalue weighted by atomic mass is 79.9.